The van der Waals surface area contributed by atoms with E-state index in [0.29, 0.717) is 0 Å². The lowest BCUT2D eigenvalue weighted by Gasteiger charge is -2.35. The lowest BCUT2D eigenvalue weighted by atomic mass is 9.98. The van der Waals surface area contributed by atoms with Crippen LogP contribution in [0.5, 0.6) is 0 Å². The Kier molecular flexibility index (Phi) is 3.24. The van der Waals surface area contributed by atoms with Crippen molar-refractivity contribution in [2.24, 2.45) is 0 Å². The summed E-state index contributed by atoms with van der Waals surface area (Å²) in [4.78, 5) is 2.51. The van der Waals surface area contributed by atoms with Crippen LogP contribution in [0.3, 0.4) is 0 Å². The van der Waals surface area contributed by atoms with Crippen LogP contribution in [0.1, 0.15) is 32.6 Å². The van der Waals surface area contributed by atoms with Crippen molar-refractivity contribution in [3.8, 4) is 0 Å². The van der Waals surface area contributed by atoms with E-state index >= 15 is 0 Å². The normalized spacial score (nSPS) is 37.2. The molecule has 2 atom stereocenters. The number of rotatable bonds is 3. The van der Waals surface area contributed by atoms with Gasteiger partial charge in [0, 0.05) is 24.7 Å². The summed E-state index contributed by atoms with van der Waals surface area (Å²) in [5.74, 6) is 0. The first-order valence-electron chi connectivity index (χ1n) is 5.87. The Hall–Kier alpha value is -0.340. The minimum atomic E-state index is 0.810. The summed E-state index contributed by atoms with van der Waals surface area (Å²) < 4.78 is 0. The molecule has 2 heteroatoms. The SMILES string of the molecule is C/C=C/CN(C)C1CC2CCC(C1)N2. The molecule has 0 aromatic heterocycles. The molecule has 80 valence electrons. The van der Waals surface area contributed by atoms with E-state index in [1.165, 1.54) is 25.7 Å². The van der Waals surface area contributed by atoms with Crippen LogP contribution >= 0.6 is 0 Å². The molecule has 0 aromatic carbocycles. The third kappa shape index (κ3) is 2.18. The van der Waals surface area contributed by atoms with Crippen LogP contribution in [0.4, 0.5) is 0 Å². The van der Waals surface area contributed by atoms with Gasteiger partial charge in [-0.15, -0.1) is 0 Å². The molecule has 2 aliphatic heterocycles. The molecule has 0 aromatic rings. The summed E-state index contributed by atoms with van der Waals surface area (Å²) in [6, 6.07) is 2.43. The van der Waals surface area contributed by atoms with Crippen LogP contribution in [0, 0.1) is 0 Å². The predicted molar refractivity (Wildman–Crippen MR) is 60.4 cm³/mol. The molecule has 14 heavy (non-hydrogen) atoms. The highest BCUT2D eigenvalue weighted by Gasteiger charge is 2.34. The lowest BCUT2D eigenvalue weighted by molar-refractivity contribution is 0.187. The molecule has 2 bridgehead atoms. The fourth-order valence-electron chi connectivity index (χ4n) is 2.81. The molecule has 0 aliphatic carbocycles. The average molecular weight is 194 g/mol. The van der Waals surface area contributed by atoms with Crippen molar-refractivity contribution in [3.05, 3.63) is 12.2 Å². The first-order chi connectivity index (χ1) is 6.79. The van der Waals surface area contributed by atoms with Crippen LogP contribution in [-0.2, 0) is 0 Å². The van der Waals surface area contributed by atoms with Gasteiger partial charge in [-0.1, -0.05) is 12.2 Å². The van der Waals surface area contributed by atoms with Crippen molar-refractivity contribution < 1.29 is 0 Å². The molecule has 0 spiro atoms. The molecule has 0 saturated carbocycles. The molecule has 2 fully saturated rings. The van der Waals surface area contributed by atoms with Gasteiger partial charge >= 0.3 is 0 Å². The molecule has 0 radical (unpaired) electrons. The third-order valence-electron chi connectivity index (χ3n) is 3.70. The Morgan fingerprint density at radius 1 is 1.29 bits per heavy atom. The number of hydrogen-bond acceptors (Lipinski definition) is 2. The van der Waals surface area contributed by atoms with Crippen LogP contribution in [0.2, 0.25) is 0 Å². The highest BCUT2D eigenvalue weighted by molar-refractivity contribution is 4.96. The number of hydrogen-bond donors (Lipinski definition) is 1. The van der Waals surface area contributed by atoms with Gasteiger partial charge in [0.1, 0.15) is 0 Å². The van der Waals surface area contributed by atoms with Crippen LogP contribution in [0.15, 0.2) is 12.2 Å². The zero-order valence-electron chi connectivity index (χ0n) is 9.37. The van der Waals surface area contributed by atoms with Crippen molar-refractivity contribution in [2.45, 2.75) is 50.7 Å². The molecule has 2 aliphatic rings. The zero-order chi connectivity index (χ0) is 9.97. The Morgan fingerprint density at radius 2 is 1.93 bits per heavy atom. The second-order valence-electron chi connectivity index (χ2n) is 4.77. The fraction of sp³-hybridized carbons (Fsp3) is 0.833. The number of piperidine rings is 1. The Balaban J connectivity index is 1.86. The van der Waals surface area contributed by atoms with E-state index in [1.807, 2.05) is 0 Å². The maximum Gasteiger partial charge on any atom is 0.0163 e. The number of nitrogens with one attached hydrogen (secondary N) is 1. The molecule has 2 rings (SSSR count). The number of likely N-dealkylation sites (N-methyl/N-ethyl adjacent to an activating group) is 1. The molecule has 0 amide bonds. The van der Waals surface area contributed by atoms with Crippen LogP contribution in [0.25, 0.3) is 0 Å². The summed E-state index contributed by atoms with van der Waals surface area (Å²) in [6.07, 6.45) is 9.91. The minimum Gasteiger partial charge on any atom is -0.311 e. The fourth-order valence-corrected chi connectivity index (χ4v) is 2.81. The molecular weight excluding hydrogens is 172 g/mol. The first kappa shape index (κ1) is 10.2. The van der Waals surface area contributed by atoms with Crippen LogP contribution < -0.4 is 5.32 Å². The maximum atomic E-state index is 3.69. The summed E-state index contributed by atoms with van der Waals surface area (Å²) in [5.41, 5.74) is 0. The third-order valence-corrected chi connectivity index (χ3v) is 3.70. The predicted octanol–water partition coefficient (Wildman–Crippen LogP) is 1.78. The van der Waals surface area contributed by atoms with Gasteiger partial charge < -0.3 is 5.32 Å². The Labute approximate surface area is 87.4 Å². The average Bonchev–Trinajstić information content (AvgIpc) is 2.54. The quantitative estimate of drug-likeness (QED) is 0.689. The van der Waals surface area contributed by atoms with E-state index < -0.39 is 0 Å². The molecule has 2 unspecified atom stereocenters. The summed E-state index contributed by atoms with van der Waals surface area (Å²) in [7, 11) is 2.26. The highest BCUT2D eigenvalue weighted by atomic mass is 15.2. The smallest absolute Gasteiger partial charge is 0.0163 e. The second kappa shape index (κ2) is 4.45. The minimum absolute atomic E-state index is 0.810. The highest BCUT2D eigenvalue weighted by Crippen LogP contribution is 2.28. The van der Waals surface area contributed by atoms with Gasteiger partial charge in [0.05, 0.1) is 0 Å². The van der Waals surface area contributed by atoms with E-state index in [9.17, 15) is 0 Å². The van der Waals surface area contributed by atoms with E-state index in [1.54, 1.807) is 0 Å². The molecular formula is C12H22N2. The largest absolute Gasteiger partial charge is 0.311 e. The maximum absolute atomic E-state index is 3.69. The van der Waals surface area contributed by atoms with Gasteiger partial charge in [-0.2, -0.15) is 0 Å². The number of allylic oxidation sites excluding steroid dienone is 1. The molecule has 2 nitrogen and oxygen atoms in total. The topological polar surface area (TPSA) is 15.3 Å². The van der Waals surface area contributed by atoms with Gasteiger partial charge in [-0.05, 0) is 39.7 Å². The van der Waals surface area contributed by atoms with Crippen molar-refractivity contribution in [1.82, 2.24) is 10.2 Å². The first-order valence-corrected chi connectivity index (χ1v) is 5.87. The Bertz CT molecular complexity index is 200. The van der Waals surface area contributed by atoms with E-state index in [-0.39, 0.29) is 0 Å². The number of nitrogens with zero attached hydrogens (tertiary/aromatic N) is 1. The van der Waals surface area contributed by atoms with Crippen molar-refractivity contribution in [1.29, 1.82) is 0 Å². The van der Waals surface area contributed by atoms with Gasteiger partial charge in [0.2, 0.25) is 0 Å². The van der Waals surface area contributed by atoms with Crippen molar-refractivity contribution >= 4 is 0 Å². The molecule has 2 heterocycles. The molecule has 2 saturated heterocycles. The van der Waals surface area contributed by atoms with Gasteiger partial charge in [0.15, 0.2) is 0 Å². The zero-order valence-corrected chi connectivity index (χ0v) is 9.37. The van der Waals surface area contributed by atoms with E-state index in [2.05, 4.69) is 36.3 Å². The second-order valence-corrected chi connectivity index (χ2v) is 4.77. The summed E-state index contributed by atoms with van der Waals surface area (Å²) >= 11 is 0. The summed E-state index contributed by atoms with van der Waals surface area (Å²) in [6.45, 7) is 3.21. The monoisotopic (exact) mass is 194 g/mol. The summed E-state index contributed by atoms with van der Waals surface area (Å²) in [5, 5.41) is 3.69. The van der Waals surface area contributed by atoms with Crippen LogP contribution in [-0.4, -0.2) is 36.6 Å². The van der Waals surface area contributed by atoms with Crippen molar-refractivity contribution in [2.75, 3.05) is 13.6 Å². The van der Waals surface area contributed by atoms with E-state index in [4.69, 9.17) is 0 Å². The van der Waals surface area contributed by atoms with Crippen molar-refractivity contribution in [3.63, 3.8) is 0 Å². The number of fused-ring (bicyclic) bond motifs is 2. The molecule has 1 N–H and O–H groups in total. The van der Waals surface area contributed by atoms with Gasteiger partial charge in [-0.25, -0.2) is 0 Å². The van der Waals surface area contributed by atoms with Gasteiger partial charge in [0.25, 0.3) is 0 Å². The lowest BCUT2D eigenvalue weighted by Crippen LogP contribution is -2.46. The standard InChI is InChI=1S/C12H22N2/c1-3-4-7-14(2)12-8-10-5-6-11(9-12)13-10/h3-4,10-13H,5-9H2,1-2H3/b4-3+. The van der Waals surface area contributed by atoms with Gasteiger partial charge in [-0.3, -0.25) is 4.90 Å². The van der Waals surface area contributed by atoms with E-state index in [0.717, 1.165) is 24.7 Å². The Morgan fingerprint density at radius 3 is 2.50 bits per heavy atom.